The number of nitrogens with zero attached hydrogens (tertiary/aromatic N) is 1. The molecular weight excluding hydrogens is 174 g/mol. The Hall–Kier alpha value is -1.78. The fourth-order valence-electron chi connectivity index (χ4n) is 0.776. The first-order valence-electron chi connectivity index (χ1n) is 3.53. The molecule has 0 aromatic heterocycles. The highest BCUT2D eigenvalue weighted by Crippen LogP contribution is 2.09. The highest BCUT2D eigenvalue weighted by molar-refractivity contribution is 5.90. The molecule has 0 radical (unpaired) electrons. The number of aliphatic carboxylic acids is 2. The average Bonchev–Trinajstić information content (AvgIpc) is 2.04. The van der Waals surface area contributed by atoms with E-state index in [4.69, 9.17) is 10.2 Å². The largest absolute Gasteiger partial charge is 0.477 e. The van der Waals surface area contributed by atoms with Gasteiger partial charge in [0.25, 0.3) is 0 Å². The summed E-state index contributed by atoms with van der Waals surface area (Å²) in [5.74, 6) is -2.52. The van der Waals surface area contributed by atoms with Gasteiger partial charge in [0.15, 0.2) is 0 Å². The number of carboxylic acid groups (broad SMARTS) is 2. The molecule has 5 heteroatoms. The summed E-state index contributed by atoms with van der Waals surface area (Å²) >= 11 is 0. The summed E-state index contributed by atoms with van der Waals surface area (Å²) in [5, 5.41) is 17.1. The molecule has 0 aromatic rings. The molecule has 0 spiro atoms. The lowest BCUT2D eigenvalue weighted by molar-refractivity contribution is -0.135. The van der Waals surface area contributed by atoms with Crippen molar-refractivity contribution < 1.29 is 19.8 Å². The third-order valence-corrected chi connectivity index (χ3v) is 1.46. The molecule has 0 amide bonds. The average molecular weight is 185 g/mol. The summed E-state index contributed by atoms with van der Waals surface area (Å²) in [6.45, 7) is 8.28. The third-order valence-electron chi connectivity index (χ3n) is 1.46. The van der Waals surface area contributed by atoms with Gasteiger partial charge in [-0.3, -0.25) is 0 Å². The molecule has 0 saturated carbocycles. The van der Waals surface area contributed by atoms with Gasteiger partial charge in [-0.1, -0.05) is 13.2 Å². The molecule has 0 bridgehead atoms. The van der Waals surface area contributed by atoms with Crippen molar-refractivity contribution in [3.05, 3.63) is 24.6 Å². The van der Waals surface area contributed by atoms with E-state index in [-0.39, 0.29) is 17.9 Å². The number of likely N-dealkylation sites (N-methyl/N-ethyl adjacent to an activating group) is 1. The van der Waals surface area contributed by atoms with Gasteiger partial charge in [-0.25, -0.2) is 9.59 Å². The van der Waals surface area contributed by atoms with Crippen LogP contribution in [0.15, 0.2) is 24.6 Å². The van der Waals surface area contributed by atoms with Crippen molar-refractivity contribution in [2.45, 2.75) is 6.92 Å². The van der Waals surface area contributed by atoms with E-state index in [1.165, 1.54) is 0 Å². The van der Waals surface area contributed by atoms with E-state index in [1.54, 1.807) is 6.92 Å². The fourth-order valence-corrected chi connectivity index (χ4v) is 0.776. The lowest BCUT2D eigenvalue weighted by Crippen LogP contribution is -2.29. The van der Waals surface area contributed by atoms with Crippen LogP contribution in [-0.4, -0.2) is 33.6 Å². The first-order chi connectivity index (χ1) is 5.91. The Labute approximate surface area is 75.6 Å². The first-order valence-corrected chi connectivity index (χ1v) is 3.53. The van der Waals surface area contributed by atoms with E-state index < -0.39 is 11.9 Å². The Kier molecular flexibility index (Phi) is 3.71. The molecule has 0 aliphatic carbocycles. The Morgan fingerprint density at radius 1 is 1.15 bits per heavy atom. The van der Waals surface area contributed by atoms with Crippen molar-refractivity contribution in [3.63, 3.8) is 0 Å². The lowest BCUT2D eigenvalue weighted by atomic mass is 10.3. The second-order valence-electron chi connectivity index (χ2n) is 2.25. The number of carboxylic acids is 2. The molecule has 0 rings (SSSR count). The topological polar surface area (TPSA) is 77.8 Å². The summed E-state index contributed by atoms with van der Waals surface area (Å²) in [6, 6.07) is 0. The van der Waals surface area contributed by atoms with Crippen LogP contribution in [0.1, 0.15) is 6.92 Å². The van der Waals surface area contributed by atoms with Gasteiger partial charge in [0, 0.05) is 6.54 Å². The highest BCUT2D eigenvalue weighted by Gasteiger charge is 2.19. The van der Waals surface area contributed by atoms with E-state index in [1.807, 2.05) is 0 Å². The van der Waals surface area contributed by atoms with Crippen molar-refractivity contribution in [3.8, 4) is 0 Å². The van der Waals surface area contributed by atoms with Crippen molar-refractivity contribution in [2.75, 3.05) is 6.54 Å². The van der Waals surface area contributed by atoms with E-state index in [0.717, 1.165) is 4.90 Å². The van der Waals surface area contributed by atoms with Gasteiger partial charge in [0.1, 0.15) is 11.4 Å². The zero-order valence-electron chi connectivity index (χ0n) is 7.28. The van der Waals surface area contributed by atoms with Gasteiger partial charge in [0.05, 0.1) is 0 Å². The molecule has 0 aromatic carbocycles. The third kappa shape index (κ3) is 2.62. The predicted octanol–water partition coefficient (Wildman–Crippen LogP) is 0.505. The minimum Gasteiger partial charge on any atom is -0.477 e. The number of hydrogen-bond acceptors (Lipinski definition) is 3. The Bertz CT molecular complexity index is 243. The maximum Gasteiger partial charge on any atom is 0.351 e. The summed E-state index contributed by atoms with van der Waals surface area (Å²) in [7, 11) is 0. The molecule has 0 atom stereocenters. The van der Waals surface area contributed by atoms with Crippen LogP contribution in [0, 0.1) is 0 Å². The van der Waals surface area contributed by atoms with Crippen LogP contribution < -0.4 is 0 Å². The molecule has 13 heavy (non-hydrogen) atoms. The molecule has 0 unspecified atom stereocenters. The molecule has 0 saturated heterocycles. The highest BCUT2D eigenvalue weighted by atomic mass is 16.4. The predicted molar refractivity (Wildman–Crippen MR) is 45.9 cm³/mol. The lowest BCUT2D eigenvalue weighted by Gasteiger charge is -2.21. The number of carbonyl (C=O) groups is 2. The fraction of sp³-hybridized carbons (Fsp3) is 0.250. The zero-order chi connectivity index (χ0) is 10.6. The van der Waals surface area contributed by atoms with Crippen LogP contribution in [0.25, 0.3) is 0 Å². The van der Waals surface area contributed by atoms with Crippen molar-refractivity contribution in [1.82, 2.24) is 4.90 Å². The second kappa shape index (κ2) is 4.30. The van der Waals surface area contributed by atoms with Gasteiger partial charge in [-0.2, -0.15) is 0 Å². The SMILES string of the molecule is C=C(C(=O)O)N(CC)C(=C)C(=O)O. The monoisotopic (exact) mass is 185 g/mol. The minimum atomic E-state index is -1.26. The molecule has 2 N–H and O–H groups in total. The maximum atomic E-state index is 10.5. The number of hydrogen-bond donors (Lipinski definition) is 2. The standard InChI is InChI=1S/C8H11NO4/c1-4-9(5(2)7(10)11)6(3)8(12)13/h2-4H2,1H3,(H,10,11)(H,12,13). The quantitative estimate of drug-likeness (QED) is 0.610. The molecule has 0 aliphatic heterocycles. The smallest absolute Gasteiger partial charge is 0.351 e. The van der Waals surface area contributed by atoms with Crippen LogP contribution in [0.2, 0.25) is 0 Å². The normalized spacial score (nSPS) is 9.00. The van der Waals surface area contributed by atoms with E-state index >= 15 is 0 Å². The summed E-state index contributed by atoms with van der Waals surface area (Å²) in [4.78, 5) is 21.9. The summed E-state index contributed by atoms with van der Waals surface area (Å²) in [6.07, 6.45) is 0. The minimum absolute atomic E-state index is 0.205. The van der Waals surface area contributed by atoms with Gasteiger partial charge >= 0.3 is 11.9 Å². The first kappa shape index (κ1) is 11.2. The maximum absolute atomic E-state index is 10.5. The van der Waals surface area contributed by atoms with E-state index in [2.05, 4.69) is 13.2 Å². The summed E-state index contributed by atoms with van der Waals surface area (Å²) in [5.41, 5.74) is -0.593. The van der Waals surface area contributed by atoms with E-state index in [0.29, 0.717) is 0 Å². The Balaban J connectivity index is 4.71. The van der Waals surface area contributed by atoms with Crippen LogP contribution >= 0.6 is 0 Å². The second-order valence-corrected chi connectivity index (χ2v) is 2.25. The molecule has 0 heterocycles. The molecule has 72 valence electrons. The summed E-state index contributed by atoms with van der Waals surface area (Å²) < 4.78 is 0. The van der Waals surface area contributed by atoms with Crippen molar-refractivity contribution in [1.29, 1.82) is 0 Å². The zero-order valence-corrected chi connectivity index (χ0v) is 7.28. The molecule has 5 nitrogen and oxygen atoms in total. The van der Waals surface area contributed by atoms with Crippen LogP contribution in [0.3, 0.4) is 0 Å². The van der Waals surface area contributed by atoms with Crippen LogP contribution in [0.5, 0.6) is 0 Å². The van der Waals surface area contributed by atoms with Crippen molar-refractivity contribution in [2.24, 2.45) is 0 Å². The molecule has 0 aliphatic rings. The molecular formula is C8H11NO4. The van der Waals surface area contributed by atoms with Gasteiger partial charge in [-0.05, 0) is 6.92 Å². The van der Waals surface area contributed by atoms with Crippen LogP contribution in [0.4, 0.5) is 0 Å². The number of rotatable bonds is 5. The Morgan fingerprint density at radius 2 is 1.46 bits per heavy atom. The van der Waals surface area contributed by atoms with Gasteiger partial charge in [0.2, 0.25) is 0 Å². The Morgan fingerprint density at radius 3 is 1.62 bits per heavy atom. The van der Waals surface area contributed by atoms with Gasteiger partial charge in [-0.15, -0.1) is 0 Å². The van der Waals surface area contributed by atoms with Crippen molar-refractivity contribution >= 4 is 11.9 Å². The van der Waals surface area contributed by atoms with E-state index in [9.17, 15) is 9.59 Å². The van der Waals surface area contributed by atoms with Gasteiger partial charge < -0.3 is 15.1 Å². The van der Waals surface area contributed by atoms with Crippen LogP contribution in [-0.2, 0) is 9.59 Å². The molecule has 0 fully saturated rings.